The first-order chi connectivity index (χ1) is 9.95. The Kier molecular flexibility index (Phi) is 7.07. The first kappa shape index (κ1) is 17.4. The molecule has 0 aromatic heterocycles. The van der Waals surface area contributed by atoms with E-state index >= 15 is 0 Å². The van der Waals surface area contributed by atoms with Crippen LogP contribution in [-0.4, -0.2) is 37.1 Å². The zero-order chi connectivity index (χ0) is 15.8. The minimum absolute atomic E-state index is 0.0918. The van der Waals surface area contributed by atoms with Crippen molar-refractivity contribution >= 4 is 23.2 Å². The number of carbonyl (C=O) groups is 1. The Labute approximate surface area is 127 Å². The van der Waals surface area contributed by atoms with Gasteiger partial charge in [-0.25, -0.2) is 0 Å². The smallest absolute Gasteiger partial charge is 0.288 e. The van der Waals surface area contributed by atoms with Crippen molar-refractivity contribution in [3.8, 4) is 0 Å². The minimum Gasteiger partial charge on any atom is -0.383 e. The number of methoxy groups -OCH3 is 1. The van der Waals surface area contributed by atoms with Crippen LogP contribution >= 0.6 is 11.6 Å². The summed E-state index contributed by atoms with van der Waals surface area (Å²) in [5.74, 6) is -0.157. The maximum Gasteiger partial charge on any atom is 0.288 e. The molecule has 0 aliphatic carbocycles. The van der Waals surface area contributed by atoms with E-state index < -0.39 is 11.0 Å². The molecule has 0 bridgehead atoms. The molecule has 0 aliphatic rings. The average molecular weight is 316 g/mol. The Balaban J connectivity index is 2.53. The third-order valence-electron chi connectivity index (χ3n) is 2.82. The summed E-state index contributed by atoms with van der Waals surface area (Å²) in [5.41, 5.74) is 0.538. The Morgan fingerprint density at radius 2 is 2.24 bits per heavy atom. The number of nitrogens with one attached hydrogen (secondary N) is 2. The van der Waals surface area contributed by atoms with E-state index in [-0.39, 0.29) is 16.6 Å². The van der Waals surface area contributed by atoms with Crippen LogP contribution in [0.3, 0.4) is 0 Å². The summed E-state index contributed by atoms with van der Waals surface area (Å²) in [6.45, 7) is 2.93. The van der Waals surface area contributed by atoms with Crippen molar-refractivity contribution in [2.75, 3.05) is 20.3 Å². The minimum atomic E-state index is -0.535. The summed E-state index contributed by atoms with van der Waals surface area (Å²) in [6, 6.07) is 4.12. The molecule has 7 nitrogen and oxygen atoms in total. The highest BCUT2D eigenvalue weighted by Crippen LogP contribution is 2.24. The Morgan fingerprint density at radius 3 is 2.86 bits per heavy atom. The summed E-state index contributed by atoms with van der Waals surface area (Å²) >= 11 is 5.74. The van der Waals surface area contributed by atoms with E-state index in [1.165, 1.54) is 12.1 Å². The van der Waals surface area contributed by atoms with E-state index in [4.69, 9.17) is 16.3 Å². The van der Waals surface area contributed by atoms with Crippen molar-refractivity contribution < 1.29 is 14.5 Å². The lowest BCUT2D eigenvalue weighted by Crippen LogP contribution is -2.42. The fourth-order valence-electron chi connectivity index (χ4n) is 1.60. The van der Waals surface area contributed by atoms with Crippen molar-refractivity contribution in [2.24, 2.45) is 0 Å². The van der Waals surface area contributed by atoms with Crippen LogP contribution in [0.1, 0.15) is 12.5 Å². The predicted octanol–water partition coefficient (Wildman–Crippen LogP) is 1.49. The first-order valence-electron chi connectivity index (χ1n) is 6.38. The molecule has 0 radical (unpaired) electrons. The molecule has 0 heterocycles. The molecule has 1 atom stereocenters. The van der Waals surface area contributed by atoms with Gasteiger partial charge in [0, 0.05) is 26.3 Å². The molecule has 2 N–H and O–H groups in total. The molecule has 1 amide bonds. The molecular formula is C13H18ClN3O4. The topological polar surface area (TPSA) is 93.5 Å². The van der Waals surface area contributed by atoms with Gasteiger partial charge in [0.2, 0.25) is 5.91 Å². The Bertz CT molecular complexity index is 510. The summed E-state index contributed by atoms with van der Waals surface area (Å²) in [4.78, 5) is 22.0. The number of halogens is 1. The van der Waals surface area contributed by atoms with Crippen LogP contribution in [0.2, 0.25) is 5.02 Å². The number of carbonyl (C=O) groups excluding carboxylic acids is 1. The lowest BCUT2D eigenvalue weighted by molar-refractivity contribution is -0.384. The van der Waals surface area contributed by atoms with Gasteiger partial charge in [-0.2, -0.15) is 0 Å². The molecule has 21 heavy (non-hydrogen) atoms. The number of amides is 1. The molecule has 0 spiro atoms. The van der Waals surface area contributed by atoms with Crippen LogP contribution in [0.4, 0.5) is 5.69 Å². The van der Waals surface area contributed by atoms with Crippen molar-refractivity contribution in [3.05, 3.63) is 38.9 Å². The molecule has 1 aromatic rings. The summed E-state index contributed by atoms with van der Waals surface area (Å²) < 4.78 is 4.84. The molecule has 1 aromatic carbocycles. The number of nitro benzene ring substituents is 1. The van der Waals surface area contributed by atoms with E-state index in [1.54, 1.807) is 20.1 Å². The standard InChI is InChI=1S/C13H18ClN3O4/c1-9(13(18)15-5-6-21-2)16-8-10-3-4-11(14)12(7-10)17(19)20/h3-4,7,9,16H,5-6,8H2,1-2H3,(H,15,18). The van der Waals surface area contributed by atoms with Crippen molar-refractivity contribution in [1.29, 1.82) is 0 Å². The molecular weight excluding hydrogens is 298 g/mol. The third kappa shape index (κ3) is 5.66. The SMILES string of the molecule is COCCNC(=O)C(C)NCc1ccc(Cl)c([N+](=O)[O-])c1. The lowest BCUT2D eigenvalue weighted by atomic mass is 10.2. The van der Waals surface area contributed by atoms with Gasteiger partial charge in [-0.1, -0.05) is 17.7 Å². The fourth-order valence-corrected chi connectivity index (χ4v) is 1.79. The first-order valence-corrected chi connectivity index (χ1v) is 6.76. The van der Waals surface area contributed by atoms with Crippen LogP contribution in [0.25, 0.3) is 0 Å². The highest BCUT2D eigenvalue weighted by molar-refractivity contribution is 6.32. The van der Waals surface area contributed by atoms with Crippen LogP contribution in [0.15, 0.2) is 18.2 Å². The second kappa shape index (κ2) is 8.56. The molecule has 1 unspecified atom stereocenters. The summed E-state index contributed by atoms with van der Waals surface area (Å²) in [7, 11) is 1.56. The lowest BCUT2D eigenvalue weighted by Gasteiger charge is -2.14. The highest BCUT2D eigenvalue weighted by Gasteiger charge is 2.15. The van der Waals surface area contributed by atoms with Gasteiger partial charge in [0.1, 0.15) is 5.02 Å². The molecule has 0 saturated carbocycles. The Hall–Kier alpha value is -1.70. The number of rotatable bonds is 8. The van der Waals surface area contributed by atoms with Crippen LogP contribution in [0, 0.1) is 10.1 Å². The van der Waals surface area contributed by atoms with E-state index in [9.17, 15) is 14.9 Å². The number of nitrogens with zero attached hydrogens (tertiary/aromatic N) is 1. The van der Waals surface area contributed by atoms with Crippen molar-refractivity contribution in [1.82, 2.24) is 10.6 Å². The Morgan fingerprint density at radius 1 is 1.52 bits per heavy atom. The van der Waals surface area contributed by atoms with E-state index in [2.05, 4.69) is 10.6 Å². The van der Waals surface area contributed by atoms with Gasteiger partial charge in [0.05, 0.1) is 17.6 Å². The maximum atomic E-state index is 11.7. The number of ether oxygens (including phenoxy) is 1. The number of hydrogen-bond acceptors (Lipinski definition) is 5. The zero-order valence-electron chi connectivity index (χ0n) is 11.9. The number of hydrogen-bond donors (Lipinski definition) is 2. The predicted molar refractivity (Wildman–Crippen MR) is 79.3 cm³/mol. The second-order valence-corrected chi connectivity index (χ2v) is 4.84. The quantitative estimate of drug-likeness (QED) is 0.430. The molecule has 1 rings (SSSR count). The van der Waals surface area contributed by atoms with Gasteiger partial charge < -0.3 is 15.4 Å². The van der Waals surface area contributed by atoms with Gasteiger partial charge in [-0.3, -0.25) is 14.9 Å². The molecule has 0 aliphatic heterocycles. The van der Waals surface area contributed by atoms with Gasteiger partial charge in [0.25, 0.3) is 5.69 Å². The molecule has 116 valence electrons. The largest absolute Gasteiger partial charge is 0.383 e. The van der Waals surface area contributed by atoms with Gasteiger partial charge in [0.15, 0.2) is 0 Å². The van der Waals surface area contributed by atoms with Crippen molar-refractivity contribution in [2.45, 2.75) is 19.5 Å². The van der Waals surface area contributed by atoms with Crippen LogP contribution < -0.4 is 10.6 Å². The van der Waals surface area contributed by atoms with Gasteiger partial charge in [-0.15, -0.1) is 0 Å². The van der Waals surface area contributed by atoms with Crippen molar-refractivity contribution in [3.63, 3.8) is 0 Å². The summed E-state index contributed by atoms with van der Waals surface area (Å²) in [6.07, 6.45) is 0. The van der Waals surface area contributed by atoms with Gasteiger partial charge in [-0.05, 0) is 18.6 Å². The zero-order valence-corrected chi connectivity index (χ0v) is 12.6. The maximum absolute atomic E-state index is 11.7. The summed E-state index contributed by atoms with van der Waals surface area (Å²) in [5, 5.41) is 16.6. The normalized spacial score (nSPS) is 12.0. The third-order valence-corrected chi connectivity index (χ3v) is 3.14. The average Bonchev–Trinajstić information content (AvgIpc) is 2.45. The van der Waals surface area contributed by atoms with Crippen LogP contribution in [0.5, 0.6) is 0 Å². The monoisotopic (exact) mass is 315 g/mol. The number of nitro groups is 1. The van der Waals surface area contributed by atoms with Crippen LogP contribution in [-0.2, 0) is 16.1 Å². The number of benzene rings is 1. The van der Waals surface area contributed by atoms with E-state index in [0.29, 0.717) is 25.3 Å². The second-order valence-electron chi connectivity index (χ2n) is 4.43. The molecule has 8 heteroatoms. The van der Waals surface area contributed by atoms with E-state index in [1.807, 2.05) is 0 Å². The fraction of sp³-hybridized carbons (Fsp3) is 0.462. The highest BCUT2D eigenvalue weighted by atomic mass is 35.5. The van der Waals surface area contributed by atoms with Gasteiger partial charge >= 0.3 is 0 Å². The van der Waals surface area contributed by atoms with E-state index in [0.717, 1.165) is 0 Å². The molecule has 0 saturated heterocycles. The molecule has 0 fully saturated rings.